The number of carbonyl (C=O) groups is 1. The molecule has 0 saturated carbocycles. The van der Waals surface area contributed by atoms with E-state index in [0.717, 1.165) is 23.3 Å². The van der Waals surface area contributed by atoms with Crippen LogP contribution in [-0.4, -0.2) is 22.5 Å². The minimum Gasteiger partial charge on any atom is -0.462 e. The number of amides is 1. The Hall–Kier alpha value is -3.57. The summed E-state index contributed by atoms with van der Waals surface area (Å²) in [5.74, 6) is -0.741. The molecule has 2 atom stereocenters. The lowest BCUT2D eigenvalue weighted by atomic mass is 9.86. The van der Waals surface area contributed by atoms with Crippen LogP contribution in [0.3, 0.4) is 0 Å². The number of nitrogens with zero attached hydrogens (tertiary/aromatic N) is 2. The molecule has 0 spiro atoms. The van der Waals surface area contributed by atoms with Crippen molar-refractivity contribution < 1.29 is 22.7 Å². The molecule has 3 rings (SSSR count). The topological polar surface area (TPSA) is 55.6 Å². The Balaban J connectivity index is 1.79. The number of benzene rings is 2. The van der Waals surface area contributed by atoms with Gasteiger partial charge in [-0.05, 0) is 51.0 Å². The SMILES string of the molecule is [C-]#[N+]c1cccc([C@H](Cc2ccc(Cl)cc2)C(C)NC(=O)C(C)(C)Oc2ccc(C(F)(F)F)cn2)c1. The number of halogens is 4. The maximum Gasteiger partial charge on any atom is 0.417 e. The van der Waals surface area contributed by atoms with E-state index in [0.29, 0.717) is 23.3 Å². The highest BCUT2D eigenvalue weighted by Crippen LogP contribution is 2.31. The van der Waals surface area contributed by atoms with E-state index in [9.17, 15) is 18.0 Å². The highest BCUT2D eigenvalue weighted by atomic mass is 35.5. The summed E-state index contributed by atoms with van der Waals surface area (Å²) in [6.45, 7) is 12.2. The number of nitrogens with one attached hydrogen (secondary N) is 1. The molecule has 5 nitrogen and oxygen atoms in total. The third-order valence-corrected chi connectivity index (χ3v) is 5.98. The predicted octanol–water partition coefficient (Wildman–Crippen LogP) is 6.99. The second-order valence-electron chi connectivity index (χ2n) is 8.90. The van der Waals surface area contributed by atoms with Gasteiger partial charge in [-0.1, -0.05) is 53.6 Å². The van der Waals surface area contributed by atoms with Crippen molar-refractivity contribution in [1.29, 1.82) is 0 Å². The van der Waals surface area contributed by atoms with Crippen molar-refractivity contribution in [2.24, 2.45) is 0 Å². The highest BCUT2D eigenvalue weighted by Gasteiger charge is 2.34. The van der Waals surface area contributed by atoms with E-state index in [4.69, 9.17) is 22.9 Å². The maximum absolute atomic E-state index is 13.2. The molecule has 0 aliphatic carbocycles. The van der Waals surface area contributed by atoms with E-state index in [1.165, 1.54) is 13.8 Å². The molecule has 1 amide bonds. The average Bonchev–Trinajstić information content (AvgIpc) is 2.83. The fraction of sp³-hybridized carbons (Fsp3) is 0.296. The molecule has 9 heteroatoms. The van der Waals surface area contributed by atoms with E-state index in [1.807, 2.05) is 25.1 Å². The van der Waals surface area contributed by atoms with Gasteiger partial charge in [0.25, 0.3) is 5.91 Å². The first-order chi connectivity index (χ1) is 16.9. The predicted molar refractivity (Wildman–Crippen MR) is 132 cm³/mol. The van der Waals surface area contributed by atoms with Crippen LogP contribution in [0.4, 0.5) is 18.9 Å². The molecule has 1 N–H and O–H groups in total. The van der Waals surface area contributed by atoms with Crippen molar-refractivity contribution in [1.82, 2.24) is 10.3 Å². The third-order valence-electron chi connectivity index (χ3n) is 5.73. The Labute approximate surface area is 213 Å². The number of ether oxygens (including phenoxy) is 1. The zero-order valence-corrected chi connectivity index (χ0v) is 20.7. The summed E-state index contributed by atoms with van der Waals surface area (Å²) < 4.78 is 44.0. The molecule has 2 aromatic carbocycles. The van der Waals surface area contributed by atoms with Crippen LogP contribution in [0.15, 0.2) is 66.9 Å². The van der Waals surface area contributed by atoms with Gasteiger partial charge >= 0.3 is 6.18 Å². The van der Waals surface area contributed by atoms with Crippen molar-refractivity contribution in [3.05, 3.63) is 100.0 Å². The van der Waals surface area contributed by atoms with Crippen LogP contribution in [0.5, 0.6) is 5.88 Å². The van der Waals surface area contributed by atoms with Crippen LogP contribution < -0.4 is 10.1 Å². The smallest absolute Gasteiger partial charge is 0.417 e. The number of alkyl halides is 3. The number of aromatic nitrogens is 1. The lowest BCUT2D eigenvalue weighted by Crippen LogP contribution is -2.51. The van der Waals surface area contributed by atoms with Crippen molar-refractivity contribution in [3.8, 4) is 5.88 Å². The van der Waals surface area contributed by atoms with Crippen molar-refractivity contribution in [2.45, 2.75) is 50.9 Å². The first kappa shape index (κ1) is 27.0. The molecule has 36 heavy (non-hydrogen) atoms. The first-order valence-electron chi connectivity index (χ1n) is 11.1. The van der Waals surface area contributed by atoms with E-state index < -0.39 is 23.2 Å². The number of rotatable bonds is 8. The summed E-state index contributed by atoms with van der Waals surface area (Å²) >= 11 is 6.02. The molecule has 0 fully saturated rings. The fourth-order valence-electron chi connectivity index (χ4n) is 3.68. The van der Waals surface area contributed by atoms with Gasteiger partial charge in [-0.25, -0.2) is 9.83 Å². The molecule has 1 aromatic heterocycles. The Kier molecular flexibility index (Phi) is 8.26. The van der Waals surface area contributed by atoms with Crippen LogP contribution in [0.1, 0.15) is 43.4 Å². The van der Waals surface area contributed by atoms with Gasteiger partial charge in [-0.2, -0.15) is 13.2 Å². The van der Waals surface area contributed by atoms with Gasteiger partial charge in [0.1, 0.15) is 0 Å². The zero-order valence-electron chi connectivity index (χ0n) is 19.9. The molecule has 3 aromatic rings. The molecule has 0 saturated heterocycles. The number of pyridine rings is 1. The zero-order chi connectivity index (χ0) is 26.5. The summed E-state index contributed by atoms with van der Waals surface area (Å²) in [4.78, 5) is 20.4. The van der Waals surface area contributed by atoms with E-state index >= 15 is 0 Å². The number of hydrogen-bond donors (Lipinski definition) is 1. The summed E-state index contributed by atoms with van der Waals surface area (Å²) in [7, 11) is 0. The second kappa shape index (κ2) is 11.0. The fourth-order valence-corrected chi connectivity index (χ4v) is 3.81. The van der Waals surface area contributed by atoms with Crippen LogP contribution in [-0.2, 0) is 17.4 Å². The van der Waals surface area contributed by atoms with E-state index in [1.54, 1.807) is 30.3 Å². The average molecular weight is 516 g/mol. The summed E-state index contributed by atoms with van der Waals surface area (Å²) in [6, 6.07) is 16.2. The van der Waals surface area contributed by atoms with Gasteiger partial charge in [0.2, 0.25) is 5.88 Å². The standard InChI is InChI=1S/C27H25ClF3N3O2/c1-17(34-25(35)26(2,3)36-24-13-10-20(16-33-24)27(29,30)31)23(14-18-8-11-21(28)12-9-18)19-6-5-7-22(15-19)32-4/h5-13,15-17,23H,14H2,1-3H3,(H,34,35)/t17?,23-/m1/s1. The number of hydrogen-bond acceptors (Lipinski definition) is 3. The van der Waals surface area contributed by atoms with E-state index in [-0.39, 0.29) is 17.8 Å². The van der Waals surface area contributed by atoms with Crippen LogP contribution in [0.2, 0.25) is 5.02 Å². The van der Waals surface area contributed by atoms with Crippen LogP contribution in [0.25, 0.3) is 4.85 Å². The van der Waals surface area contributed by atoms with Crippen molar-refractivity contribution in [3.63, 3.8) is 0 Å². The molecular formula is C27H25ClF3N3O2. The number of carbonyl (C=O) groups excluding carboxylic acids is 1. The van der Waals surface area contributed by atoms with Crippen molar-refractivity contribution >= 4 is 23.2 Å². The minimum atomic E-state index is -4.52. The first-order valence-corrected chi connectivity index (χ1v) is 11.5. The lowest BCUT2D eigenvalue weighted by molar-refractivity contribution is -0.138. The summed E-state index contributed by atoms with van der Waals surface area (Å²) in [5.41, 5.74) is 0.0589. The van der Waals surface area contributed by atoms with Gasteiger partial charge < -0.3 is 10.1 Å². The monoisotopic (exact) mass is 515 g/mol. The Morgan fingerprint density at radius 2 is 1.83 bits per heavy atom. The molecule has 1 heterocycles. The lowest BCUT2D eigenvalue weighted by Gasteiger charge is -2.31. The summed E-state index contributed by atoms with van der Waals surface area (Å²) in [6.07, 6.45) is -3.28. The molecule has 1 unspecified atom stereocenters. The normalized spacial score (nSPS) is 13.4. The Morgan fingerprint density at radius 1 is 1.14 bits per heavy atom. The van der Waals surface area contributed by atoms with Crippen LogP contribution >= 0.6 is 11.6 Å². The third kappa shape index (κ3) is 6.98. The second-order valence-corrected chi connectivity index (χ2v) is 9.34. The van der Waals surface area contributed by atoms with Gasteiger partial charge in [-0.3, -0.25) is 4.79 Å². The maximum atomic E-state index is 13.2. The molecule has 0 aliphatic heterocycles. The summed E-state index contributed by atoms with van der Waals surface area (Å²) in [5, 5.41) is 3.58. The highest BCUT2D eigenvalue weighted by molar-refractivity contribution is 6.30. The van der Waals surface area contributed by atoms with Gasteiger partial charge in [0, 0.05) is 29.2 Å². The van der Waals surface area contributed by atoms with Gasteiger partial charge in [0.05, 0.1) is 12.1 Å². The molecule has 0 bridgehead atoms. The Bertz CT molecular complexity index is 1240. The Morgan fingerprint density at radius 3 is 2.42 bits per heavy atom. The van der Waals surface area contributed by atoms with Gasteiger partial charge in [0.15, 0.2) is 11.3 Å². The quantitative estimate of drug-likeness (QED) is 0.329. The molecule has 188 valence electrons. The van der Waals surface area contributed by atoms with E-state index in [2.05, 4.69) is 15.1 Å². The molecule has 0 aliphatic rings. The molecule has 0 radical (unpaired) electrons. The minimum absolute atomic E-state index is 0.0988. The van der Waals surface area contributed by atoms with Crippen molar-refractivity contribution in [2.75, 3.05) is 0 Å². The van der Waals surface area contributed by atoms with Crippen LogP contribution in [0, 0.1) is 6.57 Å². The largest absolute Gasteiger partial charge is 0.462 e. The van der Waals surface area contributed by atoms with Gasteiger partial charge in [-0.15, -0.1) is 0 Å². The molecular weight excluding hydrogens is 491 g/mol.